The van der Waals surface area contributed by atoms with Gasteiger partial charge >= 0.3 is 0 Å². The predicted molar refractivity (Wildman–Crippen MR) is 103 cm³/mol. The van der Waals surface area contributed by atoms with E-state index in [9.17, 15) is 26.0 Å². The number of hydrogen-bond donors (Lipinski definition) is 1. The van der Waals surface area contributed by atoms with Crippen LogP contribution in [0.25, 0.3) is 0 Å². The number of aryl methyl sites for hydroxylation is 1. The lowest BCUT2D eigenvalue weighted by Gasteiger charge is -2.19. The summed E-state index contributed by atoms with van der Waals surface area (Å²) < 4.78 is 66.3. The highest BCUT2D eigenvalue weighted by Crippen LogP contribution is 2.36. The van der Waals surface area contributed by atoms with Crippen molar-refractivity contribution in [3.8, 4) is 0 Å². The normalized spacial score (nSPS) is 18.3. The molecule has 7 nitrogen and oxygen atoms in total. The molecule has 1 aliphatic heterocycles. The van der Waals surface area contributed by atoms with Gasteiger partial charge in [-0.3, -0.25) is 9.52 Å². The van der Waals surface area contributed by atoms with Crippen LogP contribution in [-0.2, 0) is 24.8 Å². The zero-order valence-electron chi connectivity index (χ0n) is 15.4. The van der Waals surface area contributed by atoms with Crippen molar-refractivity contribution in [2.24, 2.45) is 5.41 Å². The Labute approximate surface area is 163 Å². The topological polar surface area (TPSA) is 101 Å². The third kappa shape index (κ3) is 3.61. The summed E-state index contributed by atoms with van der Waals surface area (Å²) in [4.78, 5) is 12.4. The lowest BCUT2D eigenvalue weighted by molar-refractivity contribution is -0.123. The van der Waals surface area contributed by atoms with Gasteiger partial charge in [0.25, 0.3) is 10.0 Å². The molecule has 0 radical (unpaired) electrons. The van der Waals surface area contributed by atoms with Gasteiger partial charge in [-0.15, -0.1) is 0 Å². The second-order valence-electron chi connectivity index (χ2n) is 7.28. The van der Waals surface area contributed by atoms with Crippen molar-refractivity contribution in [2.75, 3.05) is 14.8 Å². The number of amides is 1. The average Bonchev–Trinajstić information content (AvgIpc) is 2.69. The summed E-state index contributed by atoms with van der Waals surface area (Å²) in [6.45, 7) is 4.57. The van der Waals surface area contributed by atoms with E-state index in [1.54, 1.807) is 13.8 Å². The molecule has 0 spiro atoms. The number of halogens is 1. The van der Waals surface area contributed by atoms with Gasteiger partial charge in [0.2, 0.25) is 15.9 Å². The summed E-state index contributed by atoms with van der Waals surface area (Å²) in [6.07, 6.45) is 0. The van der Waals surface area contributed by atoms with Gasteiger partial charge in [0.15, 0.2) is 0 Å². The standard InChI is InChI=1S/C18H19FN2O5S2/c1-12-9-15(21-17(22)18(2,3)11-27(21,23)24)7-8-16(12)28(25,26)20-14-6-4-5-13(19)10-14/h4-10,20H,11H2,1-3H3. The maximum absolute atomic E-state index is 13.3. The fourth-order valence-corrected chi connectivity index (χ4v) is 6.46. The van der Waals surface area contributed by atoms with Crippen molar-refractivity contribution in [1.29, 1.82) is 0 Å². The molecule has 28 heavy (non-hydrogen) atoms. The SMILES string of the molecule is Cc1cc(N2C(=O)C(C)(C)CS2(=O)=O)ccc1S(=O)(=O)Nc1cccc(F)c1. The molecule has 0 saturated carbocycles. The Balaban J connectivity index is 1.98. The Morgan fingerprint density at radius 3 is 2.36 bits per heavy atom. The number of anilines is 2. The molecule has 0 bridgehead atoms. The summed E-state index contributed by atoms with van der Waals surface area (Å²) in [7, 11) is -7.87. The van der Waals surface area contributed by atoms with E-state index in [0.717, 1.165) is 10.4 Å². The monoisotopic (exact) mass is 426 g/mol. The van der Waals surface area contributed by atoms with Crippen LogP contribution in [0.15, 0.2) is 47.4 Å². The Kier molecular flexibility index (Phi) is 4.75. The van der Waals surface area contributed by atoms with E-state index < -0.39 is 37.2 Å². The Bertz CT molecular complexity index is 1170. The van der Waals surface area contributed by atoms with Gasteiger partial charge in [-0.2, -0.15) is 0 Å². The summed E-state index contributed by atoms with van der Waals surface area (Å²) in [5.74, 6) is -1.48. The molecule has 1 saturated heterocycles. The minimum absolute atomic E-state index is 0.0579. The Hall–Kier alpha value is -2.46. The number of carbonyl (C=O) groups is 1. The maximum atomic E-state index is 13.3. The Morgan fingerprint density at radius 2 is 1.82 bits per heavy atom. The molecule has 0 aliphatic carbocycles. The quantitative estimate of drug-likeness (QED) is 0.810. The van der Waals surface area contributed by atoms with Crippen LogP contribution in [0.4, 0.5) is 15.8 Å². The molecular formula is C18H19FN2O5S2. The smallest absolute Gasteiger partial charge is 0.262 e. The third-order valence-electron chi connectivity index (χ3n) is 4.34. The lowest BCUT2D eigenvalue weighted by Crippen LogP contribution is -2.33. The van der Waals surface area contributed by atoms with Crippen LogP contribution in [0, 0.1) is 18.2 Å². The first-order valence-electron chi connectivity index (χ1n) is 8.30. The van der Waals surface area contributed by atoms with E-state index >= 15 is 0 Å². The Morgan fingerprint density at radius 1 is 1.14 bits per heavy atom. The largest absolute Gasteiger partial charge is 0.280 e. The zero-order chi connectivity index (χ0) is 20.9. The van der Waals surface area contributed by atoms with Crippen LogP contribution in [0.2, 0.25) is 0 Å². The number of sulfonamides is 2. The number of carbonyl (C=O) groups excluding carboxylic acids is 1. The first kappa shape index (κ1) is 20.3. The molecule has 3 rings (SSSR count). The van der Waals surface area contributed by atoms with E-state index in [2.05, 4.69) is 4.72 Å². The molecule has 150 valence electrons. The molecule has 1 N–H and O–H groups in total. The molecule has 0 atom stereocenters. The summed E-state index contributed by atoms with van der Waals surface area (Å²) in [5.41, 5.74) is -0.675. The molecule has 0 unspecified atom stereocenters. The van der Waals surface area contributed by atoms with Gasteiger partial charge in [-0.25, -0.2) is 25.5 Å². The van der Waals surface area contributed by atoms with Gasteiger partial charge in [0, 0.05) is 0 Å². The highest BCUT2D eigenvalue weighted by Gasteiger charge is 2.50. The molecule has 1 amide bonds. The van der Waals surface area contributed by atoms with Crippen molar-refractivity contribution in [1.82, 2.24) is 0 Å². The molecule has 1 fully saturated rings. The van der Waals surface area contributed by atoms with Gasteiger partial charge in [-0.05, 0) is 62.7 Å². The second kappa shape index (κ2) is 6.56. The maximum Gasteiger partial charge on any atom is 0.262 e. The van der Waals surface area contributed by atoms with Gasteiger partial charge in [-0.1, -0.05) is 6.07 Å². The molecule has 2 aromatic rings. The van der Waals surface area contributed by atoms with Crippen LogP contribution in [0.1, 0.15) is 19.4 Å². The summed E-state index contributed by atoms with van der Waals surface area (Å²) >= 11 is 0. The van der Waals surface area contributed by atoms with Crippen molar-refractivity contribution < 1.29 is 26.0 Å². The number of nitrogens with one attached hydrogen (secondary N) is 1. The number of rotatable bonds is 4. The number of nitrogens with zero attached hydrogens (tertiary/aromatic N) is 1. The van der Waals surface area contributed by atoms with Crippen molar-refractivity contribution in [2.45, 2.75) is 25.7 Å². The van der Waals surface area contributed by atoms with Gasteiger partial charge < -0.3 is 0 Å². The first-order valence-corrected chi connectivity index (χ1v) is 11.4. The molecule has 2 aromatic carbocycles. The fourth-order valence-electron chi connectivity index (χ4n) is 3.08. The minimum atomic E-state index is -4.04. The zero-order valence-corrected chi connectivity index (χ0v) is 17.1. The van der Waals surface area contributed by atoms with E-state index in [0.29, 0.717) is 0 Å². The first-order chi connectivity index (χ1) is 12.8. The molecule has 10 heteroatoms. The van der Waals surface area contributed by atoms with E-state index in [1.807, 2.05) is 0 Å². The summed E-state index contributed by atoms with van der Waals surface area (Å²) in [6, 6.07) is 8.82. The van der Waals surface area contributed by atoms with Crippen LogP contribution >= 0.6 is 0 Å². The van der Waals surface area contributed by atoms with Crippen molar-refractivity contribution >= 4 is 37.3 Å². The summed E-state index contributed by atoms with van der Waals surface area (Å²) in [5, 5.41) is 0. The predicted octanol–water partition coefficient (Wildman–Crippen LogP) is 2.64. The van der Waals surface area contributed by atoms with Gasteiger partial charge in [0.1, 0.15) is 5.82 Å². The lowest BCUT2D eigenvalue weighted by atomic mass is 9.95. The average molecular weight is 426 g/mol. The second-order valence-corrected chi connectivity index (χ2v) is 10.7. The van der Waals surface area contributed by atoms with Crippen LogP contribution in [-0.4, -0.2) is 28.5 Å². The number of benzene rings is 2. The number of hydrogen-bond acceptors (Lipinski definition) is 5. The van der Waals surface area contributed by atoms with E-state index in [4.69, 9.17) is 0 Å². The molecule has 0 aromatic heterocycles. The third-order valence-corrected chi connectivity index (χ3v) is 7.91. The molecular weight excluding hydrogens is 407 g/mol. The van der Waals surface area contributed by atoms with Crippen LogP contribution in [0.3, 0.4) is 0 Å². The molecule has 1 heterocycles. The van der Waals surface area contributed by atoms with Crippen molar-refractivity contribution in [3.05, 3.63) is 53.8 Å². The fraction of sp³-hybridized carbons (Fsp3) is 0.278. The van der Waals surface area contributed by atoms with Crippen LogP contribution in [0.5, 0.6) is 0 Å². The highest BCUT2D eigenvalue weighted by molar-refractivity contribution is 7.94. The minimum Gasteiger partial charge on any atom is -0.280 e. The highest BCUT2D eigenvalue weighted by atomic mass is 32.2. The van der Waals surface area contributed by atoms with E-state index in [1.165, 1.54) is 43.3 Å². The van der Waals surface area contributed by atoms with Crippen molar-refractivity contribution in [3.63, 3.8) is 0 Å². The van der Waals surface area contributed by atoms with Crippen LogP contribution < -0.4 is 9.03 Å². The molecule has 1 aliphatic rings. The van der Waals surface area contributed by atoms with Gasteiger partial charge in [0.05, 0.1) is 27.4 Å². The van der Waals surface area contributed by atoms with E-state index in [-0.39, 0.29) is 27.6 Å².